The molecular formula is C29H38F6N4O. The van der Waals surface area contributed by atoms with E-state index in [9.17, 15) is 31.1 Å². The zero-order chi connectivity index (χ0) is 29.1. The van der Waals surface area contributed by atoms with Gasteiger partial charge in [0.05, 0.1) is 11.1 Å². The third kappa shape index (κ3) is 7.48. The Balaban J connectivity index is 0.00000462. The van der Waals surface area contributed by atoms with Gasteiger partial charge in [0.2, 0.25) is 5.91 Å². The third-order valence-corrected chi connectivity index (χ3v) is 7.89. The van der Waals surface area contributed by atoms with E-state index in [1.54, 1.807) is 0 Å². The number of rotatable bonds is 7. The van der Waals surface area contributed by atoms with Gasteiger partial charge in [-0.1, -0.05) is 31.4 Å². The Kier molecular flexibility index (Phi) is 9.34. The van der Waals surface area contributed by atoms with Gasteiger partial charge in [-0.3, -0.25) is 14.6 Å². The first kappa shape index (κ1) is 30.2. The summed E-state index contributed by atoms with van der Waals surface area (Å²) in [6.45, 7) is 2.40. The second-order valence-corrected chi connectivity index (χ2v) is 10.9. The second-order valence-electron chi connectivity index (χ2n) is 10.9. The van der Waals surface area contributed by atoms with E-state index in [0.29, 0.717) is 36.8 Å². The first-order chi connectivity index (χ1) is 18.8. The lowest BCUT2D eigenvalue weighted by molar-refractivity contribution is -0.143. The Morgan fingerprint density at radius 2 is 1.45 bits per heavy atom. The van der Waals surface area contributed by atoms with Gasteiger partial charge in [-0.25, -0.2) is 0 Å². The number of alkyl halides is 6. The first-order valence-corrected chi connectivity index (χ1v) is 13.6. The number of carbonyl (C=O) groups is 1. The number of benzene rings is 2. The van der Waals surface area contributed by atoms with Crippen LogP contribution in [0.25, 0.3) is 0 Å². The highest BCUT2D eigenvalue weighted by molar-refractivity contribution is 5.83. The molecule has 1 heterocycles. The molecule has 1 saturated carbocycles. The average Bonchev–Trinajstić information content (AvgIpc) is 2.92. The van der Waals surface area contributed by atoms with Crippen LogP contribution in [0.3, 0.4) is 0 Å². The molecule has 1 N–H and O–H groups in total. The molecule has 0 spiro atoms. The maximum absolute atomic E-state index is 13.6. The summed E-state index contributed by atoms with van der Waals surface area (Å²) in [4.78, 5) is 20.0. The van der Waals surface area contributed by atoms with Gasteiger partial charge in [-0.05, 0) is 54.3 Å². The molecule has 0 radical (unpaired) electrons. The summed E-state index contributed by atoms with van der Waals surface area (Å²) in [5, 5.41) is 2.62. The van der Waals surface area contributed by atoms with Crippen LogP contribution >= 0.6 is 0 Å². The van der Waals surface area contributed by atoms with E-state index in [0.717, 1.165) is 18.8 Å². The monoisotopic (exact) mass is 572 g/mol. The van der Waals surface area contributed by atoms with E-state index >= 15 is 0 Å². The van der Waals surface area contributed by atoms with Crippen LogP contribution in [0, 0.1) is 0 Å². The van der Waals surface area contributed by atoms with Crippen LogP contribution in [0.5, 0.6) is 0 Å². The van der Waals surface area contributed by atoms with Crippen molar-refractivity contribution in [3.63, 3.8) is 0 Å². The van der Waals surface area contributed by atoms with E-state index in [-0.39, 0.29) is 13.1 Å². The standard InChI is InChI=1S/C29H36F6N4O.H2/c1-37(2)24-10-8-21(9-11-24)26(39-14-12-38(13-15-39)25-6-4-3-5-7-25)27(40)36-19-20-16-22(28(30,31)32)18-23(17-20)29(33,34)35;/h8-11,16-18,25-26H,3-7,12-15,19H2,1-2H3,(H,36,40);1H. The van der Waals surface area contributed by atoms with Gasteiger partial charge in [0, 0.05) is 60.0 Å². The van der Waals surface area contributed by atoms with E-state index in [4.69, 9.17) is 0 Å². The van der Waals surface area contributed by atoms with Gasteiger partial charge >= 0.3 is 12.4 Å². The number of halogens is 6. The van der Waals surface area contributed by atoms with E-state index in [2.05, 4.69) is 10.2 Å². The molecule has 1 atom stereocenters. The van der Waals surface area contributed by atoms with Crippen molar-refractivity contribution in [3.05, 3.63) is 64.7 Å². The first-order valence-electron chi connectivity index (χ1n) is 13.6. The zero-order valence-corrected chi connectivity index (χ0v) is 22.8. The van der Waals surface area contributed by atoms with Crippen molar-refractivity contribution in [3.8, 4) is 0 Å². The van der Waals surface area contributed by atoms with Crippen molar-refractivity contribution in [2.45, 2.75) is 63.1 Å². The lowest BCUT2D eigenvalue weighted by Crippen LogP contribution is -2.53. The number of carbonyl (C=O) groups excluding carboxylic acids is 1. The molecule has 2 aromatic rings. The van der Waals surface area contributed by atoms with Gasteiger partial charge in [-0.2, -0.15) is 26.3 Å². The summed E-state index contributed by atoms with van der Waals surface area (Å²) < 4.78 is 79.9. The summed E-state index contributed by atoms with van der Waals surface area (Å²) in [6, 6.07) is 8.68. The topological polar surface area (TPSA) is 38.8 Å². The van der Waals surface area contributed by atoms with E-state index < -0.39 is 42.0 Å². The summed E-state index contributed by atoms with van der Waals surface area (Å²) in [5.74, 6) is -0.463. The van der Waals surface area contributed by atoms with E-state index in [1.165, 1.54) is 32.1 Å². The molecule has 11 heteroatoms. The largest absolute Gasteiger partial charge is 0.416 e. The summed E-state index contributed by atoms with van der Waals surface area (Å²) >= 11 is 0. The maximum Gasteiger partial charge on any atom is 0.416 e. The fourth-order valence-corrected chi connectivity index (χ4v) is 5.70. The van der Waals surface area contributed by atoms with Gasteiger partial charge in [-0.15, -0.1) is 0 Å². The molecule has 1 saturated heterocycles. The van der Waals surface area contributed by atoms with Crippen LogP contribution in [-0.2, 0) is 23.7 Å². The van der Waals surface area contributed by atoms with Crippen molar-refractivity contribution in [2.75, 3.05) is 45.2 Å². The van der Waals surface area contributed by atoms with Crippen molar-refractivity contribution in [2.24, 2.45) is 0 Å². The van der Waals surface area contributed by atoms with Crippen LogP contribution in [-0.4, -0.2) is 62.0 Å². The number of hydrogen-bond acceptors (Lipinski definition) is 4. The quantitative estimate of drug-likeness (QED) is 0.393. The van der Waals surface area contributed by atoms with Crippen molar-refractivity contribution < 1.29 is 32.6 Å². The molecule has 1 unspecified atom stereocenters. The molecule has 40 heavy (non-hydrogen) atoms. The normalized spacial score (nSPS) is 18.9. The minimum atomic E-state index is -4.95. The number of piperazine rings is 1. The molecule has 2 aromatic carbocycles. The van der Waals surface area contributed by atoms with Gasteiger partial charge in [0.25, 0.3) is 0 Å². The maximum atomic E-state index is 13.6. The third-order valence-electron chi connectivity index (χ3n) is 7.89. The predicted molar refractivity (Wildman–Crippen MR) is 144 cm³/mol. The summed E-state index contributed by atoms with van der Waals surface area (Å²) in [6.07, 6.45) is -3.85. The van der Waals surface area contributed by atoms with Crippen LogP contribution in [0.2, 0.25) is 0 Å². The average molecular weight is 573 g/mol. The molecule has 2 fully saturated rings. The van der Waals surface area contributed by atoms with E-state index in [1.807, 2.05) is 48.2 Å². The Labute approximate surface area is 232 Å². The minimum absolute atomic E-state index is 0. The molecule has 1 aliphatic carbocycles. The van der Waals surface area contributed by atoms with Crippen LogP contribution in [0.4, 0.5) is 32.0 Å². The predicted octanol–water partition coefficient (Wildman–Crippen LogP) is 6.34. The van der Waals surface area contributed by atoms with Gasteiger partial charge in [0.15, 0.2) is 0 Å². The van der Waals surface area contributed by atoms with Crippen molar-refractivity contribution >= 4 is 11.6 Å². The van der Waals surface area contributed by atoms with Crippen molar-refractivity contribution in [1.29, 1.82) is 0 Å². The summed E-state index contributed by atoms with van der Waals surface area (Å²) in [7, 11) is 3.79. The second kappa shape index (κ2) is 12.4. The fourth-order valence-electron chi connectivity index (χ4n) is 5.70. The van der Waals surface area contributed by atoms with Crippen LogP contribution in [0.15, 0.2) is 42.5 Å². The van der Waals surface area contributed by atoms with Gasteiger partial charge < -0.3 is 10.2 Å². The molecule has 0 aromatic heterocycles. The summed E-state index contributed by atoms with van der Waals surface area (Å²) in [5.41, 5.74) is -1.41. The van der Waals surface area contributed by atoms with Gasteiger partial charge in [0.1, 0.15) is 6.04 Å². The number of hydrogen-bond donors (Lipinski definition) is 1. The minimum Gasteiger partial charge on any atom is -0.378 e. The van der Waals surface area contributed by atoms with Crippen LogP contribution in [0.1, 0.15) is 61.8 Å². The molecule has 2 aliphatic rings. The SMILES string of the molecule is CN(C)c1ccc(C(C(=O)NCc2cc(C(F)(F)F)cc(C(F)(F)F)c2)N2CCN(C3CCCCC3)CC2)cc1.[HH]. The molecule has 5 nitrogen and oxygen atoms in total. The molecule has 1 amide bonds. The Hall–Kier alpha value is -2.79. The lowest BCUT2D eigenvalue weighted by atomic mass is 9.93. The fraction of sp³-hybridized carbons (Fsp3) is 0.552. The zero-order valence-electron chi connectivity index (χ0n) is 22.8. The number of nitrogens with zero attached hydrogens (tertiary/aromatic N) is 3. The molecule has 222 valence electrons. The molecular weight excluding hydrogens is 534 g/mol. The Morgan fingerprint density at radius 1 is 0.900 bits per heavy atom. The molecule has 1 aliphatic heterocycles. The smallest absolute Gasteiger partial charge is 0.378 e. The molecule has 0 bridgehead atoms. The lowest BCUT2D eigenvalue weighted by Gasteiger charge is -2.43. The number of amides is 1. The van der Waals surface area contributed by atoms with Crippen molar-refractivity contribution in [1.82, 2.24) is 15.1 Å². The molecule has 4 rings (SSSR count). The number of nitrogens with one attached hydrogen (secondary N) is 1. The van der Waals surface area contributed by atoms with Crippen LogP contribution < -0.4 is 10.2 Å². The highest BCUT2D eigenvalue weighted by Gasteiger charge is 2.37. The highest BCUT2D eigenvalue weighted by Crippen LogP contribution is 2.36. The Bertz CT molecular complexity index is 1110. The Morgan fingerprint density at radius 3 is 1.95 bits per heavy atom. The highest BCUT2D eigenvalue weighted by atomic mass is 19.4. The number of anilines is 1.